The summed E-state index contributed by atoms with van der Waals surface area (Å²) in [5.41, 5.74) is 4.53. The molecule has 0 aliphatic rings. The fraction of sp³-hybridized carbons (Fsp3) is 0.333. The number of aliphatic hydroxyl groups excluding tert-OH is 1. The molecule has 1 aromatic rings. The van der Waals surface area contributed by atoms with Crippen LogP contribution in [0, 0.1) is 0 Å². The van der Waals surface area contributed by atoms with Crippen LogP contribution in [0.5, 0.6) is 0 Å². The molecular weight excluding hydrogens is 275 g/mol. The molecule has 0 heterocycles. The molecule has 0 spiro atoms. The van der Waals surface area contributed by atoms with Gasteiger partial charge in [0.15, 0.2) is 0 Å². The Labute approximate surface area is 93.0 Å². The maximum Gasteiger partial charge on any atom is 0.416 e. The molecule has 0 bridgehead atoms. The van der Waals surface area contributed by atoms with E-state index in [9.17, 15) is 18.3 Å². The molecule has 1 aromatic carbocycles. The minimum atomic E-state index is -4.41. The highest BCUT2D eigenvalue weighted by molar-refractivity contribution is 9.10. The predicted octanol–water partition coefficient (Wildman–Crippen LogP) is 2.46. The van der Waals surface area contributed by atoms with Crippen molar-refractivity contribution < 1.29 is 18.3 Å². The number of benzene rings is 1. The summed E-state index contributed by atoms with van der Waals surface area (Å²) in [6.07, 6.45) is -5.51. The van der Waals surface area contributed by atoms with Crippen LogP contribution in [-0.4, -0.2) is 11.7 Å². The highest BCUT2D eigenvalue weighted by Gasteiger charge is 2.31. The number of hydrogen-bond acceptors (Lipinski definition) is 2. The summed E-state index contributed by atoms with van der Waals surface area (Å²) in [6.45, 7) is -0.125. The molecule has 1 atom stereocenters. The second kappa shape index (κ2) is 4.51. The normalized spacial score (nSPS) is 14.0. The molecule has 0 aliphatic carbocycles. The minimum Gasteiger partial charge on any atom is -0.387 e. The lowest BCUT2D eigenvalue weighted by Crippen LogP contribution is -2.14. The van der Waals surface area contributed by atoms with Crippen molar-refractivity contribution in [2.45, 2.75) is 12.3 Å². The van der Waals surface area contributed by atoms with Crippen LogP contribution in [0.2, 0.25) is 0 Å². The van der Waals surface area contributed by atoms with E-state index >= 15 is 0 Å². The third kappa shape index (κ3) is 2.93. The number of alkyl halides is 3. The molecule has 6 heteroatoms. The molecular formula is C9H9BrF3NO. The molecule has 15 heavy (non-hydrogen) atoms. The van der Waals surface area contributed by atoms with Gasteiger partial charge in [-0.2, -0.15) is 13.2 Å². The lowest BCUT2D eigenvalue weighted by atomic mass is 10.1. The minimum absolute atomic E-state index is 0.125. The maximum atomic E-state index is 12.3. The average molecular weight is 284 g/mol. The SMILES string of the molecule is NCC(O)c1cc(C(F)(F)F)ccc1Br. The van der Waals surface area contributed by atoms with Gasteiger partial charge >= 0.3 is 6.18 Å². The Morgan fingerprint density at radius 2 is 2.00 bits per heavy atom. The lowest BCUT2D eigenvalue weighted by molar-refractivity contribution is -0.137. The van der Waals surface area contributed by atoms with Crippen molar-refractivity contribution in [3.05, 3.63) is 33.8 Å². The zero-order valence-corrected chi connectivity index (χ0v) is 9.14. The number of aliphatic hydroxyl groups is 1. The molecule has 0 saturated heterocycles. The third-order valence-corrected chi connectivity index (χ3v) is 2.63. The van der Waals surface area contributed by atoms with E-state index in [1.54, 1.807) is 0 Å². The van der Waals surface area contributed by atoms with Crippen LogP contribution >= 0.6 is 15.9 Å². The van der Waals surface area contributed by atoms with E-state index < -0.39 is 17.8 Å². The van der Waals surface area contributed by atoms with Crippen LogP contribution in [0.15, 0.2) is 22.7 Å². The summed E-state index contributed by atoms with van der Waals surface area (Å²) in [5, 5.41) is 9.38. The second-order valence-electron chi connectivity index (χ2n) is 2.99. The van der Waals surface area contributed by atoms with Crippen molar-refractivity contribution in [3.8, 4) is 0 Å². The second-order valence-corrected chi connectivity index (χ2v) is 3.84. The lowest BCUT2D eigenvalue weighted by Gasteiger charge is -2.13. The van der Waals surface area contributed by atoms with Crippen LogP contribution in [0.4, 0.5) is 13.2 Å². The van der Waals surface area contributed by atoms with Gasteiger partial charge in [-0.1, -0.05) is 15.9 Å². The van der Waals surface area contributed by atoms with Gasteiger partial charge in [0.25, 0.3) is 0 Å². The quantitative estimate of drug-likeness (QED) is 0.876. The fourth-order valence-corrected chi connectivity index (χ4v) is 1.61. The van der Waals surface area contributed by atoms with E-state index in [2.05, 4.69) is 15.9 Å². The van der Waals surface area contributed by atoms with Crippen molar-refractivity contribution in [1.29, 1.82) is 0 Å². The van der Waals surface area contributed by atoms with E-state index in [4.69, 9.17) is 5.73 Å². The Bertz CT molecular complexity index is 354. The van der Waals surface area contributed by atoms with Gasteiger partial charge in [-0.25, -0.2) is 0 Å². The molecule has 0 amide bonds. The van der Waals surface area contributed by atoms with Gasteiger partial charge < -0.3 is 10.8 Å². The van der Waals surface area contributed by atoms with Crippen LogP contribution in [0.1, 0.15) is 17.2 Å². The summed E-state index contributed by atoms with van der Waals surface area (Å²) in [6, 6.07) is 3.08. The van der Waals surface area contributed by atoms with E-state index in [0.717, 1.165) is 12.1 Å². The molecule has 0 fully saturated rings. The Balaban J connectivity index is 3.17. The first kappa shape index (κ1) is 12.5. The van der Waals surface area contributed by atoms with Crippen molar-refractivity contribution in [1.82, 2.24) is 0 Å². The number of rotatable bonds is 2. The largest absolute Gasteiger partial charge is 0.416 e. The van der Waals surface area contributed by atoms with Crippen molar-refractivity contribution in [2.75, 3.05) is 6.54 Å². The summed E-state index contributed by atoms with van der Waals surface area (Å²) >= 11 is 3.06. The van der Waals surface area contributed by atoms with Crippen molar-refractivity contribution in [3.63, 3.8) is 0 Å². The van der Waals surface area contributed by atoms with Gasteiger partial charge in [-0.05, 0) is 23.8 Å². The molecule has 2 nitrogen and oxygen atoms in total. The van der Waals surface area contributed by atoms with E-state index in [0.29, 0.717) is 4.47 Å². The van der Waals surface area contributed by atoms with Gasteiger partial charge in [-0.15, -0.1) is 0 Å². The first-order chi connectivity index (χ1) is 6.86. The standard InChI is InChI=1S/C9H9BrF3NO/c10-7-2-1-5(9(11,12)13)3-6(7)8(15)4-14/h1-3,8,15H,4,14H2. The predicted molar refractivity (Wildman–Crippen MR) is 53.2 cm³/mol. The van der Waals surface area contributed by atoms with Gasteiger partial charge in [-0.3, -0.25) is 0 Å². The highest BCUT2D eigenvalue weighted by atomic mass is 79.9. The van der Waals surface area contributed by atoms with Gasteiger partial charge in [0.05, 0.1) is 11.7 Å². The molecule has 0 saturated carbocycles. The van der Waals surface area contributed by atoms with Gasteiger partial charge in [0.2, 0.25) is 0 Å². The summed E-state index contributed by atoms with van der Waals surface area (Å²) < 4.78 is 37.4. The first-order valence-corrected chi connectivity index (χ1v) is 4.90. The van der Waals surface area contributed by atoms with Gasteiger partial charge in [0, 0.05) is 11.0 Å². The zero-order valence-electron chi connectivity index (χ0n) is 7.55. The molecule has 3 N–H and O–H groups in total. The summed E-state index contributed by atoms with van der Waals surface area (Å²) in [5.74, 6) is 0. The molecule has 0 radical (unpaired) electrons. The number of halogens is 4. The number of nitrogens with two attached hydrogens (primary N) is 1. The zero-order chi connectivity index (χ0) is 11.6. The Hall–Kier alpha value is -0.590. The molecule has 84 valence electrons. The Morgan fingerprint density at radius 3 is 2.47 bits per heavy atom. The number of hydrogen-bond donors (Lipinski definition) is 2. The average Bonchev–Trinajstić information content (AvgIpc) is 2.15. The summed E-state index contributed by atoms with van der Waals surface area (Å²) in [4.78, 5) is 0. The van der Waals surface area contributed by atoms with Crippen LogP contribution < -0.4 is 5.73 Å². The highest BCUT2D eigenvalue weighted by Crippen LogP contribution is 2.33. The molecule has 1 unspecified atom stereocenters. The topological polar surface area (TPSA) is 46.2 Å². The molecule has 0 aliphatic heterocycles. The molecule has 0 aromatic heterocycles. The Kier molecular flexibility index (Phi) is 3.75. The van der Waals surface area contributed by atoms with E-state index in [1.165, 1.54) is 6.07 Å². The maximum absolute atomic E-state index is 12.3. The van der Waals surface area contributed by atoms with E-state index in [-0.39, 0.29) is 12.1 Å². The van der Waals surface area contributed by atoms with Crippen LogP contribution in [-0.2, 0) is 6.18 Å². The smallest absolute Gasteiger partial charge is 0.387 e. The monoisotopic (exact) mass is 283 g/mol. The van der Waals surface area contributed by atoms with Gasteiger partial charge in [0.1, 0.15) is 0 Å². The van der Waals surface area contributed by atoms with Crippen LogP contribution in [0.3, 0.4) is 0 Å². The fourth-order valence-electron chi connectivity index (χ4n) is 1.10. The van der Waals surface area contributed by atoms with E-state index in [1.807, 2.05) is 0 Å². The van der Waals surface area contributed by atoms with Crippen molar-refractivity contribution in [2.24, 2.45) is 5.73 Å². The Morgan fingerprint density at radius 1 is 1.40 bits per heavy atom. The summed E-state index contributed by atoms with van der Waals surface area (Å²) in [7, 11) is 0. The molecule has 1 rings (SSSR count). The third-order valence-electron chi connectivity index (χ3n) is 1.91. The first-order valence-electron chi connectivity index (χ1n) is 4.11. The van der Waals surface area contributed by atoms with Crippen molar-refractivity contribution >= 4 is 15.9 Å². The van der Waals surface area contributed by atoms with Crippen LogP contribution in [0.25, 0.3) is 0 Å².